The molecule has 106 heavy (non-hydrogen) atoms. The van der Waals surface area contributed by atoms with Gasteiger partial charge in [-0.2, -0.15) is 0 Å². The highest BCUT2D eigenvalue weighted by atomic mass is 31.2. The van der Waals surface area contributed by atoms with Gasteiger partial charge in [-0.3, -0.25) is 37.3 Å². The summed E-state index contributed by atoms with van der Waals surface area (Å²) in [6, 6.07) is 0. The number of aliphatic hydroxyl groups is 1. The molecule has 0 bridgehead atoms. The van der Waals surface area contributed by atoms with Crippen LogP contribution in [0.1, 0.15) is 336 Å². The Kier molecular flexibility index (Phi) is 74.8. The number of phosphoric acid groups is 2. The molecule has 0 aliphatic carbocycles. The van der Waals surface area contributed by atoms with Crippen molar-refractivity contribution in [3.05, 3.63) is 134 Å². The van der Waals surface area contributed by atoms with E-state index in [2.05, 4.69) is 149 Å². The van der Waals surface area contributed by atoms with E-state index in [4.69, 9.17) is 37.0 Å². The highest BCUT2D eigenvalue weighted by molar-refractivity contribution is 7.47. The summed E-state index contributed by atoms with van der Waals surface area (Å²) in [4.78, 5) is 73.1. The lowest BCUT2D eigenvalue weighted by molar-refractivity contribution is -0.161. The number of carbonyl (C=O) groups excluding carboxylic acids is 4. The molecule has 0 aliphatic heterocycles. The monoisotopic (exact) mass is 1530 g/mol. The van der Waals surface area contributed by atoms with Gasteiger partial charge in [0.05, 0.1) is 26.4 Å². The molecule has 5 atom stereocenters. The molecule has 5 unspecified atom stereocenters. The first-order chi connectivity index (χ1) is 51.7. The average Bonchev–Trinajstić information content (AvgIpc) is 0.907. The van der Waals surface area contributed by atoms with Gasteiger partial charge in [0.15, 0.2) is 12.2 Å². The standard InChI is InChI=1S/C87H148O17P2/c1-5-9-13-17-21-25-29-33-37-39-40-42-45-48-52-56-60-64-68-72-85(90)98-78-83(104-87(92)74-70-66-62-58-54-50-46-41-38-34-30-26-22-18-14-10-6-2)80-102-106(95,96)100-76-81(88)75-99-105(93,94)101-79-82(103-86(91)73-69-65-61-57-53-49-44-36-32-28-24-20-16-12-8-4)77-97-84(89)71-67-63-59-55-51-47-43-35-31-27-23-19-15-11-7-3/h10,14,21-23,25-27,33-38,40,42-44,46,50,58,62,81-83,88H,5-9,11-13,15-20,24,28-32,39,41,45,47-49,51-57,59-61,63-80H2,1-4H3,(H,93,94)(H,95,96)/b14-10-,25-21-,26-22-,27-23-,37-33-,38-34-,42-40-,43-35-,44-36-,50-46-,62-58-. The van der Waals surface area contributed by atoms with Gasteiger partial charge in [0.1, 0.15) is 19.3 Å². The first-order valence-corrected chi connectivity index (χ1v) is 44.4. The Hall–Kier alpha value is -4.80. The van der Waals surface area contributed by atoms with Crippen molar-refractivity contribution in [1.82, 2.24) is 0 Å². The summed E-state index contributed by atoms with van der Waals surface area (Å²) in [5.41, 5.74) is 0. The van der Waals surface area contributed by atoms with Gasteiger partial charge < -0.3 is 33.8 Å². The van der Waals surface area contributed by atoms with Crippen LogP contribution in [0.5, 0.6) is 0 Å². The first-order valence-electron chi connectivity index (χ1n) is 41.4. The second-order valence-corrected chi connectivity index (χ2v) is 30.2. The maximum atomic E-state index is 13.1. The maximum Gasteiger partial charge on any atom is 0.472 e. The molecule has 0 rings (SSSR count). The van der Waals surface area contributed by atoms with Crippen molar-refractivity contribution in [3.63, 3.8) is 0 Å². The molecule has 608 valence electrons. The molecule has 0 fully saturated rings. The highest BCUT2D eigenvalue weighted by Crippen LogP contribution is 2.45. The number of allylic oxidation sites excluding steroid dienone is 22. The smallest absolute Gasteiger partial charge is 0.462 e. The second kappa shape index (κ2) is 78.3. The summed E-state index contributed by atoms with van der Waals surface area (Å²) >= 11 is 0. The normalized spacial score (nSPS) is 14.5. The molecule has 0 heterocycles. The van der Waals surface area contributed by atoms with Crippen LogP contribution in [0.25, 0.3) is 0 Å². The van der Waals surface area contributed by atoms with Gasteiger partial charge in [-0.25, -0.2) is 9.13 Å². The molecule has 0 radical (unpaired) electrons. The molecule has 0 saturated carbocycles. The molecule has 17 nitrogen and oxygen atoms in total. The SMILES string of the molecule is CC/C=C\C/C=C\C/C=C\C/C=C\C/C=C\CCCC(=O)OC(COC(=O)CCCCCCCC/C=C\C/C=C\C/C=C\CCCCC)COP(=O)(O)OCC(O)COP(=O)(O)OCC(COC(=O)CCCCCCC/C=C\C/C=C\CCCCC)OC(=O)CCCCCCC/C=C\CCCCCCCC. The van der Waals surface area contributed by atoms with Crippen LogP contribution >= 0.6 is 15.6 Å². The number of rotatable bonds is 77. The summed E-state index contributed by atoms with van der Waals surface area (Å²) in [5, 5.41) is 10.7. The number of ether oxygens (including phenoxy) is 4. The summed E-state index contributed by atoms with van der Waals surface area (Å²) in [6.07, 6.45) is 88.5. The number of phosphoric ester groups is 2. The lowest BCUT2D eigenvalue weighted by Gasteiger charge is -2.21. The van der Waals surface area contributed by atoms with Crippen LogP contribution in [0, 0.1) is 0 Å². The summed E-state index contributed by atoms with van der Waals surface area (Å²) in [7, 11) is -9.99. The molecule has 0 aromatic carbocycles. The predicted octanol–water partition coefficient (Wildman–Crippen LogP) is 24.4. The fraction of sp³-hybridized carbons (Fsp3) is 0.701. The maximum absolute atomic E-state index is 13.1. The zero-order chi connectivity index (χ0) is 77.4. The second-order valence-electron chi connectivity index (χ2n) is 27.3. The Balaban J connectivity index is 5.45. The van der Waals surface area contributed by atoms with Crippen molar-refractivity contribution in [2.75, 3.05) is 39.6 Å². The molecule has 0 saturated heterocycles. The van der Waals surface area contributed by atoms with Crippen LogP contribution in [0.4, 0.5) is 0 Å². The van der Waals surface area contributed by atoms with Gasteiger partial charge in [-0.1, -0.05) is 283 Å². The van der Waals surface area contributed by atoms with E-state index in [0.717, 1.165) is 173 Å². The first kappa shape index (κ1) is 101. The minimum atomic E-state index is -5.00. The van der Waals surface area contributed by atoms with E-state index in [9.17, 15) is 43.2 Å². The van der Waals surface area contributed by atoms with Crippen molar-refractivity contribution in [2.45, 2.75) is 354 Å². The third kappa shape index (κ3) is 77.4. The summed E-state index contributed by atoms with van der Waals surface area (Å²) in [6.45, 7) is 4.62. The van der Waals surface area contributed by atoms with Crippen LogP contribution in [-0.4, -0.2) is 96.7 Å². The molecular weight excluding hydrogens is 1380 g/mol. The summed E-state index contributed by atoms with van der Waals surface area (Å²) in [5.74, 6) is -2.28. The topological polar surface area (TPSA) is 237 Å². The van der Waals surface area contributed by atoms with E-state index >= 15 is 0 Å². The minimum Gasteiger partial charge on any atom is -0.462 e. The molecule has 0 aromatic heterocycles. The fourth-order valence-corrected chi connectivity index (χ4v) is 12.3. The largest absolute Gasteiger partial charge is 0.472 e. The lowest BCUT2D eigenvalue weighted by atomic mass is 10.1. The zero-order valence-electron chi connectivity index (χ0n) is 66.6. The van der Waals surface area contributed by atoms with Gasteiger partial charge in [0, 0.05) is 25.7 Å². The van der Waals surface area contributed by atoms with E-state index in [1.165, 1.54) is 77.0 Å². The Bertz CT molecular complexity index is 2530. The number of carbonyl (C=O) groups is 4. The van der Waals surface area contributed by atoms with Crippen LogP contribution in [0.2, 0.25) is 0 Å². The minimum absolute atomic E-state index is 0.0102. The van der Waals surface area contributed by atoms with E-state index < -0.39 is 97.5 Å². The number of hydrogen-bond acceptors (Lipinski definition) is 15. The van der Waals surface area contributed by atoms with Crippen molar-refractivity contribution >= 4 is 39.5 Å². The number of unbranched alkanes of at least 4 members (excludes halogenated alkanes) is 29. The Morgan fingerprint density at radius 1 is 0.274 bits per heavy atom. The summed E-state index contributed by atoms with van der Waals surface area (Å²) < 4.78 is 68.6. The lowest BCUT2D eigenvalue weighted by Crippen LogP contribution is -2.30. The van der Waals surface area contributed by atoms with Crippen molar-refractivity contribution < 1.29 is 80.2 Å². The van der Waals surface area contributed by atoms with E-state index in [1.54, 1.807) is 0 Å². The number of aliphatic hydroxyl groups excluding tert-OH is 1. The van der Waals surface area contributed by atoms with Gasteiger partial charge >= 0.3 is 39.5 Å². The van der Waals surface area contributed by atoms with Crippen LogP contribution in [0.15, 0.2) is 134 Å². The molecule has 0 spiro atoms. The van der Waals surface area contributed by atoms with Crippen molar-refractivity contribution in [2.24, 2.45) is 0 Å². The molecule has 0 amide bonds. The van der Waals surface area contributed by atoms with Gasteiger partial charge in [0.2, 0.25) is 0 Å². The van der Waals surface area contributed by atoms with Gasteiger partial charge in [0.25, 0.3) is 0 Å². The Labute approximate surface area is 644 Å². The van der Waals surface area contributed by atoms with Gasteiger partial charge in [-0.05, 0) is 161 Å². The van der Waals surface area contributed by atoms with E-state index in [0.29, 0.717) is 32.1 Å². The van der Waals surface area contributed by atoms with Crippen molar-refractivity contribution in [3.8, 4) is 0 Å². The molecule has 0 aliphatic rings. The fourth-order valence-electron chi connectivity index (χ4n) is 10.8. The average molecular weight is 1530 g/mol. The highest BCUT2D eigenvalue weighted by Gasteiger charge is 2.30. The van der Waals surface area contributed by atoms with Crippen LogP contribution in [-0.2, 0) is 65.4 Å². The van der Waals surface area contributed by atoms with Crippen molar-refractivity contribution in [1.29, 1.82) is 0 Å². The number of hydrogen-bond donors (Lipinski definition) is 3. The zero-order valence-corrected chi connectivity index (χ0v) is 68.4. The Morgan fingerprint density at radius 3 is 0.821 bits per heavy atom. The third-order valence-electron chi connectivity index (χ3n) is 17.1. The molecule has 19 heteroatoms. The van der Waals surface area contributed by atoms with Crippen LogP contribution in [0.3, 0.4) is 0 Å². The molecule has 3 N–H and O–H groups in total. The third-order valence-corrected chi connectivity index (χ3v) is 19.0. The Morgan fingerprint density at radius 2 is 0.500 bits per heavy atom. The quantitative estimate of drug-likeness (QED) is 0.0169. The predicted molar refractivity (Wildman–Crippen MR) is 436 cm³/mol. The number of esters is 4. The van der Waals surface area contributed by atoms with Crippen LogP contribution < -0.4 is 0 Å². The van der Waals surface area contributed by atoms with E-state index in [1.807, 2.05) is 12.2 Å². The molecule has 0 aromatic rings. The van der Waals surface area contributed by atoms with Gasteiger partial charge in [-0.15, -0.1) is 0 Å². The van der Waals surface area contributed by atoms with E-state index in [-0.39, 0.29) is 25.7 Å². The molecular formula is C87H148O17P2.